The predicted octanol–water partition coefficient (Wildman–Crippen LogP) is 4.06. The quantitative estimate of drug-likeness (QED) is 0.534. The first-order valence-electron chi connectivity index (χ1n) is 10.7. The molecule has 3 aliphatic rings. The molecule has 29 heavy (non-hydrogen) atoms. The van der Waals surface area contributed by atoms with Crippen molar-refractivity contribution in [2.24, 2.45) is 16.7 Å². The lowest BCUT2D eigenvalue weighted by atomic mass is 9.60. The lowest BCUT2D eigenvalue weighted by molar-refractivity contribution is -0.163. The third-order valence-electron chi connectivity index (χ3n) is 6.66. The summed E-state index contributed by atoms with van der Waals surface area (Å²) in [6.07, 6.45) is 10.8. The van der Waals surface area contributed by atoms with E-state index in [0.717, 1.165) is 31.4 Å². The molecule has 0 radical (unpaired) electrons. The first kappa shape index (κ1) is 21.6. The molecule has 1 fully saturated rings. The van der Waals surface area contributed by atoms with E-state index in [9.17, 15) is 19.5 Å². The molecular formula is C23H33NO5. The Hall–Kier alpha value is -2.11. The molecule has 160 valence electrons. The van der Waals surface area contributed by atoms with Crippen LogP contribution in [0.25, 0.3) is 0 Å². The fraction of sp³-hybridized carbons (Fsp3) is 0.696. The largest absolute Gasteiger partial charge is 0.481 e. The van der Waals surface area contributed by atoms with Crippen LogP contribution in [0.1, 0.15) is 71.6 Å². The maximum atomic E-state index is 13.3. The normalized spacial score (nSPS) is 28.9. The molecule has 1 amide bonds. The van der Waals surface area contributed by atoms with Crippen LogP contribution in [0.3, 0.4) is 0 Å². The van der Waals surface area contributed by atoms with Gasteiger partial charge in [0.2, 0.25) is 5.91 Å². The van der Waals surface area contributed by atoms with Gasteiger partial charge in [-0.15, -0.1) is 0 Å². The molecular weight excluding hydrogens is 370 g/mol. The number of amides is 1. The number of nitrogens with zero attached hydrogens (tertiary/aromatic N) is 1. The molecule has 0 aromatic carbocycles. The second kappa shape index (κ2) is 8.33. The molecule has 6 nitrogen and oxygen atoms in total. The second-order valence-corrected chi connectivity index (χ2v) is 9.56. The van der Waals surface area contributed by atoms with E-state index in [0.29, 0.717) is 13.0 Å². The summed E-state index contributed by atoms with van der Waals surface area (Å²) in [7, 11) is 1.37. The van der Waals surface area contributed by atoms with E-state index in [4.69, 9.17) is 4.74 Å². The van der Waals surface area contributed by atoms with E-state index in [2.05, 4.69) is 19.9 Å². The van der Waals surface area contributed by atoms with E-state index in [1.54, 1.807) is 4.90 Å². The van der Waals surface area contributed by atoms with Crippen LogP contribution < -0.4 is 0 Å². The van der Waals surface area contributed by atoms with Gasteiger partial charge >= 0.3 is 11.9 Å². The van der Waals surface area contributed by atoms with Gasteiger partial charge in [-0.05, 0) is 56.8 Å². The summed E-state index contributed by atoms with van der Waals surface area (Å²) in [5, 5.41) is 9.37. The van der Waals surface area contributed by atoms with Crippen LogP contribution in [-0.2, 0) is 19.1 Å². The maximum absolute atomic E-state index is 13.3. The summed E-state index contributed by atoms with van der Waals surface area (Å²) in [6.45, 7) is 4.70. The Morgan fingerprint density at radius 1 is 1.28 bits per heavy atom. The molecule has 2 aliphatic carbocycles. The Morgan fingerprint density at radius 3 is 2.66 bits per heavy atom. The Labute approximate surface area is 173 Å². The molecule has 1 aliphatic heterocycles. The predicted molar refractivity (Wildman–Crippen MR) is 109 cm³/mol. The van der Waals surface area contributed by atoms with Crippen molar-refractivity contribution in [1.29, 1.82) is 0 Å². The van der Waals surface area contributed by atoms with Crippen molar-refractivity contribution in [3.8, 4) is 0 Å². The molecule has 0 aromatic heterocycles. The van der Waals surface area contributed by atoms with E-state index >= 15 is 0 Å². The van der Waals surface area contributed by atoms with Crippen LogP contribution in [0, 0.1) is 16.7 Å². The molecule has 1 heterocycles. The topological polar surface area (TPSA) is 83.9 Å². The average molecular weight is 404 g/mol. The van der Waals surface area contributed by atoms with Crippen LogP contribution in [-0.4, -0.2) is 41.5 Å². The molecule has 0 unspecified atom stereocenters. The summed E-state index contributed by atoms with van der Waals surface area (Å²) in [5.74, 6) is -2.26. The van der Waals surface area contributed by atoms with Gasteiger partial charge in [-0.25, -0.2) is 0 Å². The summed E-state index contributed by atoms with van der Waals surface area (Å²) in [6, 6.07) is 0. The van der Waals surface area contributed by atoms with E-state index in [1.807, 2.05) is 6.08 Å². The number of hydrogen-bond acceptors (Lipinski definition) is 4. The lowest BCUT2D eigenvalue weighted by Gasteiger charge is -2.51. The minimum absolute atomic E-state index is 0.122. The number of fused-ring (bicyclic) bond motifs is 1. The van der Waals surface area contributed by atoms with Gasteiger partial charge in [0, 0.05) is 12.2 Å². The van der Waals surface area contributed by atoms with Crippen molar-refractivity contribution in [2.45, 2.75) is 71.6 Å². The molecule has 0 spiro atoms. The highest BCUT2D eigenvalue weighted by Gasteiger charge is 2.57. The molecule has 0 bridgehead atoms. The van der Waals surface area contributed by atoms with Crippen LogP contribution in [0.4, 0.5) is 0 Å². The molecule has 2 atom stereocenters. The first-order valence-corrected chi connectivity index (χ1v) is 10.7. The molecule has 0 aromatic rings. The number of methoxy groups -OCH3 is 1. The first-order chi connectivity index (χ1) is 13.7. The number of aliphatic carboxylic acids is 1. The monoisotopic (exact) mass is 403 g/mol. The zero-order valence-corrected chi connectivity index (χ0v) is 17.8. The van der Waals surface area contributed by atoms with Gasteiger partial charge in [-0.3, -0.25) is 14.4 Å². The maximum Gasteiger partial charge on any atom is 0.317 e. The van der Waals surface area contributed by atoms with Gasteiger partial charge in [-0.2, -0.15) is 0 Å². The van der Waals surface area contributed by atoms with E-state index < -0.39 is 17.3 Å². The third-order valence-corrected chi connectivity index (χ3v) is 6.66. The fourth-order valence-electron chi connectivity index (χ4n) is 5.38. The summed E-state index contributed by atoms with van der Waals surface area (Å²) >= 11 is 0. The number of allylic oxidation sites excluding steroid dienone is 2. The zero-order valence-electron chi connectivity index (χ0n) is 17.8. The Morgan fingerprint density at radius 2 is 2.03 bits per heavy atom. The van der Waals surface area contributed by atoms with Crippen LogP contribution in [0.15, 0.2) is 23.4 Å². The molecule has 6 heteroatoms. The summed E-state index contributed by atoms with van der Waals surface area (Å²) in [4.78, 5) is 39.4. The number of hydrogen-bond donors (Lipinski definition) is 1. The van der Waals surface area contributed by atoms with Crippen molar-refractivity contribution in [2.75, 3.05) is 13.7 Å². The van der Waals surface area contributed by atoms with Crippen molar-refractivity contribution >= 4 is 17.8 Å². The smallest absolute Gasteiger partial charge is 0.317 e. The van der Waals surface area contributed by atoms with Crippen molar-refractivity contribution in [1.82, 2.24) is 4.90 Å². The van der Waals surface area contributed by atoms with Crippen LogP contribution >= 0.6 is 0 Å². The third kappa shape index (κ3) is 4.41. The van der Waals surface area contributed by atoms with Crippen molar-refractivity contribution in [3.05, 3.63) is 23.4 Å². The number of carbonyl (C=O) groups is 3. The van der Waals surface area contributed by atoms with Crippen molar-refractivity contribution in [3.63, 3.8) is 0 Å². The number of rotatable bonds is 6. The number of carboxylic acid groups (broad SMARTS) is 1. The molecule has 1 saturated heterocycles. The number of esters is 1. The van der Waals surface area contributed by atoms with Gasteiger partial charge in [-0.1, -0.05) is 31.6 Å². The minimum atomic E-state index is -1.01. The number of ether oxygens (including phenoxy) is 1. The van der Waals surface area contributed by atoms with Crippen LogP contribution in [0.5, 0.6) is 0 Å². The fourth-order valence-corrected chi connectivity index (χ4v) is 5.38. The van der Waals surface area contributed by atoms with Crippen LogP contribution in [0.2, 0.25) is 0 Å². The Bertz CT molecular complexity index is 750. The van der Waals surface area contributed by atoms with Crippen molar-refractivity contribution < 1.29 is 24.2 Å². The Balaban J connectivity index is 1.97. The van der Waals surface area contributed by atoms with Gasteiger partial charge in [0.1, 0.15) is 5.41 Å². The van der Waals surface area contributed by atoms with E-state index in [1.165, 1.54) is 25.5 Å². The molecule has 3 rings (SSSR count). The highest BCUT2D eigenvalue weighted by Crippen LogP contribution is 2.54. The van der Waals surface area contributed by atoms with Gasteiger partial charge in [0.25, 0.3) is 0 Å². The summed E-state index contributed by atoms with van der Waals surface area (Å²) < 4.78 is 5.20. The van der Waals surface area contributed by atoms with Gasteiger partial charge in [0.15, 0.2) is 0 Å². The lowest BCUT2D eigenvalue weighted by Crippen LogP contribution is -2.55. The Kier molecular flexibility index (Phi) is 6.20. The SMILES string of the molecule is COC(=O)[C@@]12C[C@H](CC(=O)O)C(=O)N(CCC3=CCCCC3)C1=CCC(C)(C)C2. The van der Waals surface area contributed by atoms with Gasteiger partial charge < -0.3 is 14.7 Å². The van der Waals surface area contributed by atoms with E-state index in [-0.39, 0.29) is 30.1 Å². The number of carbonyl (C=O) groups excluding carboxylic acids is 2. The molecule has 0 saturated carbocycles. The number of carboxylic acids is 1. The highest BCUT2D eigenvalue weighted by atomic mass is 16.5. The van der Waals surface area contributed by atoms with Gasteiger partial charge in [0.05, 0.1) is 19.4 Å². The standard InChI is InChI=1S/C23H33NO5/c1-22(2)11-9-18-23(15-22,21(28)29-3)14-17(13-19(25)26)20(27)24(18)12-10-16-7-5-4-6-8-16/h7,9,17H,4-6,8,10-15H2,1-3H3,(H,25,26)/t17-,23+/m0/s1. The number of likely N-dealkylation sites (tertiary alicyclic amines) is 1. The second-order valence-electron chi connectivity index (χ2n) is 9.56. The average Bonchev–Trinajstić information content (AvgIpc) is 2.67. The zero-order chi connectivity index (χ0) is 21.2. The number of piperidine rings is 1. The minimum Gasteiger partial charge on any atom is -0.481 e. The molecule has 1 N–H and O–H groups in total. The highest BCUT2D eigenvalue weighted by molar-refractivity contribution is 5.91. The summed E-state index contributed by atoms with van der Waals surface area (Å²) in [5.41, 5.74) is 1.01.